The van der Waals surface area contributed by atoms with Gasteiger partial charge in [-0.3, -0.25) is 0 Å². The maximum atomic E-state index is 12.1. The van der Waals surface area contributed by atoms with Gasteiger partial charge in [0, 0.05) is 6.04 Å². The molecule has 6 heteroatoms. The Morgan fingerprint density at radius 3 is 2.67 bits per heavy atom. The quantitative estimate of drug-likeness (QED) is 0.785. The number of hydrogen-bond donors (Lipinski definition) is 2. The first-order valence-electron chi connectivity index (χ1n) is 5.74. The summed E-state index contributed by atoms with van der Waals surface area (Å²) in [5.74, 6) is 0.924. The van der Waals surface area contributed by atoms with E-state index in [1.54, 1.807) is 30.0 Å². The van der Waals surface area contributed by atoms with Gasteiger partial charge in [0.1, 0.15) is 4.90 Å². The van der Waals surface area contributed by atoms with Crippen LogP contribution >= 0.6 is 11.8 Å². The van der Waals surface area contributed by atoms with Gasteiger partial charge >= 0.3 is 0 Å². The Morgan fingerprint density at radius 2 is 2.11 bits per heavy atom. The molecule has 1 atom stereocenters. The molecule has 0 amide bonds. The molecule has 0 saturated heterocycles. The molecule has 0 saturated carbocycles. The third kappa shape index (κ3) is 4.19. The molecule has 0 radical (unpaired) electrons. The van der Waals surface area contributed by atoms with Crippen LogP contribution in [0, 0.1) is 6.92 Å². The lowest BCUT2D eigenvalue weighted by Crippen LogP contribution is -2.33. The molecule has 0 aliphatic rings. The molecule has 0 aliphatic carbocycles. The van der Waals surface area contributed by atoms with Crippen molar-refractivity contribution in [2.45, 2.75) is 31.2 Å². The predicted octanol–water partition coefficient (Wildman–Crippen LogP) is 2.00. The lowest BCUT2D eigenvalue weighted by Gasteiger charge is -2.15. The summed E-state index contributed by atoms with van der Waals surface area (Å²) >= 11 is 1.70. The molecule has 1 rings (SSSR count). The SMILES string of the molecule is CSCCC(C)NS(=O)(=O)c1ccc(C)cc1N. The van der Waals surface area contributed by atoms with Gasteiger partial charge in [-0.25, -0.2) is 13.1 Å². The molecular formula is C12H20N2O2S2. The summed E-state index contributed by atoms with van der Waals surface area (Å²) in [5.41, 5.74) is 7.00. The molecule has 0 spiro atoms. The molecule has 3 N–H and O–H groups in total. The number of benzene rings is 1. The van der Waals surface area contributed by atoms with Gasteiger partial charge in [0.2, 0.25) is 10.0 Å². The summed E-state index contributed by atoms with van der Waals surface area (Å²) in [6.45, 7) is 3.74. The van der Waals surface area contributed by atoms with Gasteiger partial charge < -0.3 is 5.73 Å². The standard InChI is InChI=1S/C12H20N2O2S2/c1-9-4-5-12(11(13)8-9)18(15,16)14-10(2)6-7-17-3/h4-5,8,10,14H,6-7,13H2,1-3H3. The Bertz CT molecular complexity index is 501. The zero-order valence-corrected chi connectivity index (χ0v) is 12.6. The average molecular weight is 288 g/mol. The minimum absolute atomic E-state index is 0.0943. The van der Waals surface area contributed by atoms with E-state index in [1.807, 2.05) is 20.1 Å². The van der Waals surface area contributed by atoms with E-state index in [4.69, 9.17) is 5.73 Å². The van der Waals surface area contributed by atoms with Crippen LogP contribution in [0.25, 0.3) is 0 Å². The molecule has 0 aromatic heterocycles. The Kier molecular flexibility index (Phi) is 5.49. The number of rotatable bonds is 6. The van der Waals surface area contributed by atoms with E-state index in [2.05, 4.69) is 4.72 Å². The van der Waals surface area contributed by atoms with Crippen molar-refractivity contribution in [3.63, 3.8) is 0 Å². The molecule has 102 valence electrons. The normalized spacial score (nSPS) is 13.5. The van der Waals surface area contributed by atoms with Crippen molar-refractivity contribution in [1.29, 1.82) is 0 Å². The maximum absolute atomic E-state index is 12.1. The minimum Gasteiger partial charge on any atom is -0.398 e. The van der Waals surface area contributed by atoms with Crippen molar-refractivity contribution in [2.75, 3.05) is 17.7 Å². The van der Waals surface area contributed by atoms with Gasteiger partial charge in [-0.15, -0.1) is 0 Å². The van der Waals surface area contributed by atoms with Crippen LogP contribution in [-0.4, -0.2) is 26.5 Å². The summed E-state index contributed by atoms with van der Waals surface area (Å²) < 4.78 is 26.9. The fourth-order valence-corrected chi connectivity index (χ4v) is 3.57. The van der Waals surface area contributed by atoms with Crippen LogP contribution in [-0.2, 0) is 10.0 Å². The number of thioether (sulfide) groups is 1. The Morgan fingerprint density at radius 1 is 1.44 bits per heavy atom. The first kappa shape index (κ1) is 15.3. The fraction of sp³-hybridized carbons (Fsp3) is 0.500. The second-order valence-electron chi connectivity index (χ2n) is 4.35. The van der Waals surface area contributed by atoms with Crippen molar-refractivity contribution in [2.24, 2.45) is 0 Å². The highest BCUT2D eigenvalue weighted by atomic mass is 32.2. The van der Waals surface area contributed by atoms with Crippen LogP contribution in [0.1, 0.15) is 18.9 Å². The zero-order chi connectivity index (χ0) is 13.8. The second kappa shape index (κ2) is 6.45. The van der Waals surface area contributed by atoms with Crippen molar-refractivity contribution < 1.29 is 8.42 Å². The molecule has 0 aliphatic heterocycles. The Hall–Kier alpha value is -0.720. The molecule has 0 fully saturated rings. The maximum Gasteiger partial charge on any atom is 0.242 e. The van der Waals surface area contributed by atoms with E-state index in [1.165, 1.54) is 0 Å². The Balaban J connectivity index is 2.86. The molecule has 0 bridgehead atoms. The summed E-state index contributed by atoms with van der Waals surface area (Å²) in [4.78, 5) is 0.157. The highest BCUT2D eigenvalue weighted by Crippen LogP contribution is 2.19. The van der Waals surface area contributed by atoms with Crippen LogP contribution in [0.2, 0.25) is 0 Å². The van der Waals surface area contributed by atoms with Gasteiger partial charge in [-0.05, 0) is 50.0 Å². The fourth-order valence-electron chi connectivity index (χ4n) is 1.59. The second-order valence-corrected chi connectivity index (χ2v) is 7.01. The lowest BCUT2D eigenvalue weighted by atomic mass is 10.2. The number of nitrogens with one attached hydrogen (secondary N) is 1. The summed E-state index contributed by atoms with van der Waals surface area (Å²) in [6, 6.07) is 4.87. The van der Waals surface area contributed by atoms with Crippen LogP contribution in [0.3, 0.4) is 0 Å². The summed E-state index contributed by atoms with van der Waals surface area (Å²) in [5, 5.41) is 0. The number of nitrogens with two attached hydrogens (primary N) is 1. The summed E-state index contributed by atoms with van der Waals surface area (Å²) in [6.07, 6.45) is 2.80. The molecule has 1 aromatic rings. The number of nitrogen functional groups attached to an aromatic ring is 1. The topological polar surface area (TPSA) is 72.2 Å². The van der Waals surface area contributed by atoms with Crippen molar-refractivity contribution in [1.82, 2.24) is 4.72 Å². The van der Waals surface area contributed by atoms with E-state index >= 15 is 0 Å². The van der Waals surface area contributed by atoms with E-state index in [0.717, 1.165) is 17.7 Å². The Labute approximate surface area is 113 Å². The van der Waals surface area contributed by atoms with Gasteiger partial charge in [-0.1, -0.05) is 6.07 Å². The van der Waals surface area contributed by atoms with E-state index in [9.17, 15) is 8.42 Å². The summed E-state index contributed by atoms with van der Waals surface area (Å²) in [7, 11) is -3.52. The molecular weight excluding hydrogens is 268 g/mol. The van der Waals surface area contributed by atoms with Crippen molar-refractivity contribution >= 4 is 27.5 Å². The molecule has 0 heterocycles. The van der Waals surface area contributed by atoms with Crippen LogP contribution in [0.4, 0.5) is 5.69 Å². The van der Waals surface area contributed by atoms with Crippen molar-refractivity contribution in [3.05, 3.63) is 23.8 Å². The number of aryl methyl sites for hydroxylation is 1. The molecule has 1 unspecified atom stereocenters. The third-order valence-corrected chi connectivity index (χ3v) is 4.87. The van der Waals surface area contributed by atoms with Gasteiger partial charge in [-0.2, -0.15) is 11.8 Å². The van der Waals surface area contributed by atoms with Crippen LogP contribution < -0.4 is 10.5 Å². The predicted molar refractivity (Wildman–Crippen MR) is 78.4 cm³/mol. The number of hydrogen-bond acceptors (Lipinski definition) is 4. The van der Waals surface area contributed by atoms with E-state index in [0.29, 0.717) is 5.69 Å². The van der Waals surface area contributed by atoms with Gasteiger partial charge in [0.15, 0.2) is 0 Å². The average Bonchev–Trinajstić information content (AvgIpc) is 2.25. The number of anilines is 1. The van der Waals surface area contributed by atoms with E-state index < -0.39 is 10.0 Å². The first-order chi connectivity index (χ1) is 8.36. The highest BCUT2D eigenvalue weighted by Gasteiger charge is 2.19. The zero-order valence-electron chi connectivity index (χ0n) is 10.9. The molecule has 1 aromatic carbocycles. The monoisotopic (exact) mass is 288 g/mol. The lowest BCUT2D eigenvalue weighted by molar-refractivity contribution is 0.557. The van der Waals surface area contributed by atoms with Crippen LogP contribution in [0.15, 0.2) is 23.1 Å². The van der Waals surface area contributed by atoms with Gasteiger partial charge in [0.25, 0.3) is 0 Å². The highest BCUT2D eigenvalue weighted by molar-refractivity contribution is 7.98. The first-order valence-corrected chi connectivity index (χ1v) is 8.62. The molecule has 4 nitrogen and oxygen atoms in total. The van der Waals surface area contributed by atoms with Crippen LogP contribution in [0.5, 0.6) is 0 Å². The molecule has 18 heavy (non-hydrogen) atoms. The minimum atomic E-state index is -3.52. The smallest absolute Gasteiger partial charge is 0.242 e. The van der Waals surface area contributed by atoms with Gasteiger partial charge in [0.05, 0.1) is 5.69 Å². The van der Waals surface area contributed by atoms with Crippen molar-refractivity contribution in [3.8, 4) is 0 Å². The largest absolute Gasteiger partial charge is 0.398 e. The van der Waals surface area contributed by atoms with E-state index in [-0.39, 0.29) is 10.9 Å². The number of sulfonamides is 1. The third-order valence-electron chi connectivity index (χ3n) is 2.57.